The summed E-state index contributed by atoms with van der Waals surface area (Å²) in [7, 11) is 0. The lowest BCUT2D eigenvalue weighted by atomic mass is 10.0. The van der Waals surface area contributed by atoms with Crippen LogP contribution in [0.1, 0.15) is 20.7 Å². The largest absolute Gasteiger partial charge is 0.310 e. The van der Waals surface area contributed by atoms with Crippen molar-refractivity contribution >= 4 is 90.3 Å². The number of fused-ring (bicyclic) bond motifs is 6. The molecule has 6 heteroatoms. The van der Waals surface area contributed by atoms with E-state index in [1.807, 2.05) is 48.5 Å². The molecule has 10 aromatic carbocycles. The maximum absolute atomic E-state index is 11.5. The Morgan fingerprint density at radius 1 is 0.279 bits per heavy atom. The molecule has 0 saturated carbocycles. The molecule has 6 nitrogen and oxygen atoms in total. The van der Waals surface area contributed by atoms with Crippen molar-refractivity contribution < 1.29 is 9.59 Å². The Morgan fingerprint density at radius 3 is 0.985 bits per heavy atom. The van der Waals surface area contributed by atoms with Crippen LogP contribution in [-0.2, 0) is 0 Å². The van der Waals surface area contributed by atoms with E-state index in [9.17, 15) is 9.59 Å². The predicted molar refractivity (Wildman–Crippen MR) is 281 cm³/mol. The summed E-state index contributed by atoms with van der Waals surface area (Å²) < 4.78 is 4.54. The van der Waals surface area contributed by atoms with Crippen LogP contribution in [-0.4, -0.2) is 21.7 Å². The quantitative estimate of drug-likeness (QED) is 0.122. The summed E-state index contributed by atoms with van der Waals surface area (Å²) in [5.74, 6) is 0. The third-order valence-corrected chi connectivity index (χ3v) is 13.0. The average molecular weight is 875 g/mol. The summed E-state index contributed by atoms with van der Waals surface area (Å²) in [6.07, 6.45) is 1.76. The van der Waals surface area contributed by atoms with Crippen LogP contribution in [0, 0.1) is 0 Å². The summed E-state index contributed by atoms with van der Waals surface area (Å²) in [4.78, 5) is 27.5. The van der Waals surface area contributed by atoms with Gasteiger partial charge < -0.3 is 18.9 Å². The molecule has 0 atom stereocenters. The molecule has 0 fully saturated rings. The summed E-state index contributed by atoms with van der Waals surface area (Å²) in [6.45, 7) is 0. The van der Waals surface area contributed by atoms with E-state index in [4.69, 9.17) is 0 Å². The molecule has 322 valence electrons. The van der Waals surface area contributed by atoms with Gasteiger partial charge in [0, 0.05) is 78.2 Å². The number of hydrogen-bond acceptors (Lipinski definition) is 4. The SMILES string of the molecule is O=Cc1ccc(-n2c3ccccc3c3cc(N(c4ccccc4)c4ccc(-c5ccc(N(c6ccccc6)c6ccc7c(c6)c6ccccc6n7-c6ccc(C=O)cc6)cc5)cc4)ccc32)cc1. The second-order valence-corrected chi connectivity index (χ2v) is 17.0. The highest BCUT2D eigenvalue weighted by molar-refractivity contribution is 6.12. The number of aromatic nitrogens is 2. The number of para-hydroxylation sites is 4. The molecule has 0 saturated heterocycles. The van der Waals surface area contributed by atoms with Gasteiger partial charge in [0.15, 0.2) is 0 Å². The van der Waals surface area contributed by atoms with Crippen molar-refractivity contribution in [2.24, 2.45) is 0 Å². The maximum atomic E-state index is 11.5. The molecule has 0 N–H and O–H groups in total. The molecule has 2 heterocycles. The van der Waals surface area contributed by atoms with Gasteiger partial charge in [-0.05, 0) is 157 Å². The molecule has 0 aliphatic heterocycles. The van der Waals surface area contributed by atoms with Gasteiger partial charge in [-0.25, -0.2) is 0 Å². The van der Waals surface area contributed by atoms with Crippen LogP contribution < -0.4 is 9.80 Å². The van der Waals surface area contributed by atoms with Gasteiger partial charge in [0.25, 0.3) is 0 Å². The van der Waals surface area contributed by atoms with Crippen LogP contribution in [0.5, 0.6) is 0 Å². The third kappa shape index (κ3) is 7.00. The number of carbonyl (C=O) groups excluding carboxylic acids is 2. The number of aldehydes is 2. The zero-order valence-corrected chi connectivity index (χ0v) is 36.9. The zero-order chi connectivity index (χ0) is 45.6. The number of nitrogens with zero attached hydrogens (tertiary/aromatic N) is 4. The Labute approximate surface area is 393 Å². The Morgan fingerprint density at radius 2 is 0.603 bits per heavy atom. The average Bonchev–Trinajstić information content (AvgIpc) is 3.92. The lowest BCUT2D eigenvalue weighted by Gasteiger charge is -2.26. The highest BCUT2D eigenvalue weighted by Gasteiger charge is 2.20. The molecular formula is C62H42N4O2. The molecule has 0 radical (unpaired) electrons. The van der Waals surface area contributed by atoms with E-state index < -0.39 is 0 Å². The fourth-order valence-corrected chi connectivity index (χ4v) is 9.81. The van der Waals surface area contributed by atoms with E-state index in [1.54, 1.807) is 0 Å². The Hall–Kier alpha value is -9.26. The molecule has 12 rings (SSSR count). The lowest BCUT2D eigenvalue weighted by Crippen LogP contribution is -2.10. The van der Waals surface area contributed by atoms with Gasteiger partial charge in [-0.15, -0.1) is 0 Å². The zero-order valence-electron chi connectivity index (χ0n) is 36.9. The van der Waals surface area contributed by atoms with Gasteiger partial charge in [0.2, 0.25) is 0 Å². The number of benzene rings is 10. The number of anilines is 6. The number of carbonyl (C=O) groups is 2. The topological polar surface area (TPSA) is 50.5 Å². The fraction of sp³-hybridized carbons (Fsp3) is 0. The highest BCUT2D eigenvalue weighted by atomic mass is 16.1. The first-order valence-corrected chi connectivity index (χ1v) is 22.7. The monoisotopic (exact) mass is 874 g/mol. The van der Waals surface area contributed by atoms with E-state index in [0.29, 0.717) is 11.1 Å². The van der Waals surface area contributed by atoms with Crippen LogP contribution in [0.2, 0.25) is 0 Å². The third-order valence-electron chi connectivity index (χ3n) is 13.0. The first-order chi connectivity index (χ1) is 33.6. The summed E-state index contributed by atoms with van der Waals surface area (Å²) in [5.41, 5.74) is 16.3. The minimum atomic E-state index is 0.653. The molecule has 0 spiro atoms. The summed E-state index contributed by atoms with van der Waals surface area (Å²) in [5, 5.41) is 4.62. The Balaban J connectivity index is 0.894. The molecule has 0 aliphatic rings. The second-order valence-electron chi connectivity index (χ2n) is 17.0. The van der Waals surface area contributed by atoms with Crippen LogP contribution in [0.4, 0.5) is 34.1 Å². The van der Waals surface area contributed by atoms with Crippen molar-refractivity contribution in [3.8, 4) is 22.5 Å². The minimum absolute atomic E-state index is 0.653. The van der Waals surface area contributed by atoms with Gasteiger partial charge in [-0.2, -0.15) is 0 Å². The second kappa shape index (κ2) is 16.9. The standard InChI is InChI=1S/C62H42N4O2/c67-41-43-19-27-51(28-20-43)65-59-17-9-7-15-55(59)57-39-53(35-37-61(57)65)63(47-11-3-1-4-12-47)49-31-23-45(24-32-49)46-25-33-50(34-26-46)64(48-13-5-2-6-14-48)54-36-38-62-58(40-54)56-16-8-10-18-60(56)66(62)52-29-21-44(42-68)22-30-52/h1-42H. The molecule has 0 bridgehead atoms. The molecular weight excluding hydrogens is 833 g/mol. The molecule has 2 aromatic heterocycles. The van der Waals surface area contributed by atoms with Gasteiger partial charge in [0.1, 0.15) is 12.6 Å². The molecule has 0 amide bonds. The normalized spacial score (nSPS) is 11.4. The smallest absolute Gasteiger partial charge is 0.150 e. The molecule has 68 heavy (non-hydrogen) atoms. The van der Waals surface area contributed by atoms with Crippen molar-refractivity contribution in [1.29, 1.82) is 0 Å². The van der Waals surface area contributed by atoms with E-state index >= 15 is 0 Å². The first kappa shape index (κ1) is 40.3. The number of rotatable bonds is 11. The fourth-order valence-electron chi connectivity index (χ4n) is 9.81. The van der Waals surface area contributed by atoms with Crippen LogP contribution >= 0.6 is 0 Å². The maximum Gasteiger partial charge on any atom is 0.150 e. The summed E-state index contributed by atoms with van der Waals surface area (Å²) in [6, 6.07) is 84.6. The molecule has 12 aromatic rings. The van der Waals surface area contributed by atoms with Crippen molar-refractivity contribution in [2.75, 3.05) is 9.80 Å². The lowest BCUT2D eigenvalue weighted by molar-refractivity contribution is 0.111. The Kier molecular flexibility index (Phi) is 10.0. The van der Waals surface area contributed by atoms with Crippen LogP contribution in [0.3, 0.4) is 0 Å². The number of hydrogen-bond donors (Lipinski definition) is 0. The van der Waals surface area contributed by atoms with E-state index in [0.717, 1.165) is 113 Å². The van der Waals surface area contributed by atoms with Gasteiger partial charge in [-0.1, -0.05) is 97.1 Å². The highest BCUT2D eigenvalue weighted by Crippen LogP contribution is 2.42. The first-order valence-electron chi connectivity index (χ1n) is 22.7. The minimum Gasteiger partial charge on any atom is -0.310 e. The van der Waals surface area contributed by atoms with E-state index in [-0.39, 0.29) is 0 Å². The molecule has 0 unspecified atom stereocenters. The van der Waals surface area contributed by atoms with E-state index in [2.05, 4.69) is 213 Å². The Bertz CT molecular complexity index is 3550. The predicted octanol–water partition coefficient (Wildman–Crippen LogP) is 16.1. The van der Waals surface area contributed by atoms with E-state index in [1.165, 1.54) is 0 Å². The molecule has 0 aliphatic carbocycles. The van der Waals surface area contributed by atoms with Crippen LogP contribution in [0.15, 0.2) is 243 Å². The van der Waals surface area contributed by atoms with Crippen molar-refractivity contribution in [2.45, 2.75) is 0 Å². The van der Waals surface area contributed by atoms with Crippen LogP contribution in [0.25, 0.3) is 66.1 Å². The van der Waals surface area contributed by atoms with Gasteiger partial charge in [0.05, 0.1) is 22.1 Å². The van der Waals surface area contributed by atoms with Crippen molar-refractivity contribution in [1.82, 2.24) is 9.13 Å². The van der Waals surface area contributed by atoms with Gasteiger partial charge >= 0.3 is 0 Å². The van der Waals surface area contributed by atoms with Crippen molar-refractivity contribution in [3.63, 3.8) is 0 Å². The van der Waals surface area contributed by atoms with Crippen molar-refractivity contribution in [3.05, 3.63) is 254 Å². The summed E-state index contributed by atoms with van der Waals surface area (Å²) >= 11 is 0. The van der Waals surface area contributed by atoms with Gasteiger partial charge in [-0.3, -0.25) is 9.59 Å².